The third-order valence-corrected chi connectivity index (χ3v) is 3.28. The SMILES string of the molecule is Cc1ccc2c(c1)CC1CCC(=O)N21. The molecule has 1 unspecified atom stereocenters. The van der Waals surface area contributed by atoms with Gasteiger partial charge in [-0.2, -0.15) is 0 Å². The Morgan fingerprint density at radius 2 is 2.29 bits per heavy atom. The lowest BCUT2D eigenvalue weighted by Crippen LogP contribution is -2.28. The van der Waals surface area contributed by atoms with Gasteiger partial charge in [0.05, 0.1) is 0 Å². The molecule has 72 valence electrons. The van der Waals surface area contributed by atoms with Gasteiger partial charge < -0.3 is 4.90 Å². The van der Waals surface area contributed by atoms with Gasteiger partial charge >= 0.3 is 0 Å². The maximum atomic E-state index is 11.6. The van der Waals surface area contributed by atoms with Crippen LogP contribution in [0.3, 0.4) is 0 Å². The molecular formula is C12H13NO. The van der Waals surface area contributed by atoms with Gasteiger partial charge in [-0.3, -0.25) is 4.79 Å². The summed E-state index contributed by atoms with van der Waals surface area (Å²) in [7, 11) is 0. The normalized spacial score (nSPS) is 23.9. The minimum Gasteiger partial charge on any atom is -0.309 e. The van der Waals surface area contributed by atoms with Crippen LogP contribution < -0.4 is 4.90 Å². The van der Waals surface area contributed by atoms with E-state index in [9.17, 15) is 4.79 Å². The molecule has 3 rings (SSSR count). The third-order valence-electron chi connectivity index (χ3n) is 3.28. The van der Waals surface area contributed by atoms with E-state index in [0.717, 1.165) is 24.9 Å². The third kappa shape index (κ3) is 0.939. The molecule has 2 nitrogen and oxygen atoms in total. The standard InChI is InChI=1S/C12H13NO/c1-8-2-4-11-9(6-8)7-10-3-5-12(14)13(10)11/h2,4,6,10H,3,5,7H2,1H3. The fourth-order valence-corrected chi connectivity index (χ4v) is 2.63. The fraction of sp³-hybridized carbons (Fsp3) is 0.417. The molecule has 1 saturated heterocycles. The van der Waals surface area contributed by atoms with Crippen molar-refractivity contribution in [2.24, 2.45) is 0 Å². The van der Waals surface area contributed by atoms with E-state index in [-0.39, 0.29) is 0 Å². The summed E-state index contributed by atoms with van der Waals surface area (Å²) >= 11 is 0. The molecule has 2 aliphatic rings. The summed E-state index contributed by atoms with van der Waals surface area (Å²) in [6.45, 7) is 2.10. The number of anilines is 1. The average Bonchev–Trinajstić information content (AvgIpc) is 2.66. The Hall–Kier alpha value is -1.31. The van der Waals surface area contributed by atoms with Crippen LogP contribution in [0.15, 0.2) is 18.2 Å². The van der Waals surface area contributed by atoms with Crippen LogP contribution in [0.1, 0.15) is 24.0 Å². The predicted molar refractivity (Wildman–Crippen MR) is 55.4 cm³/mol. The highest BCUT2D eigenvalue weighted by Gasteiger charge is 2.38. The summed E-state index contributed by atoms with van der Waals surface area (Å²) in [6.07, 6.45) is 2.83. The summed E-state index contributed by atoms with van der Waals surface area (Å²) in [5.74, 6) is 0.303. The topological polar surface area (TPSA) is 20.3 Å². The van der Waals surface area contributed by atoms with Crippen molar-refractivity contribution in [3.05, 3.63) is 29.3 Å². The van der Waals surface area contributed by atoms with Crippen molar-refractivity contribution in [3.63, 3.8) is 0 Å². The summed E-state index contributed by atoms with van der Waals surface area (Å²) in [5, 5.41) is 0. The molecule has 0 saturated carbocycles. The fourth-order valence-electron chi connectivity index (χ4n) is 2.63. The van der Waals surface area contributed by atoms with E-state index >= 15 is 0 Å². The molecule has 1 aromatic rings. The molecule has 1 amide bonds. The molecule has 14 heavy (non-hydrogen) atoms. The first-order valence-electron chi connectivity index (χ1n) is 5.17. The van der Waals surface area contributed by atoms with E-state index in [2.05, 4.69) is 25.1 Å². The first kappa shape index (κ1) is 8.04. The second-order valence-electron chi connectivity index (χ2n) is 4.29. The van der Waals surface area contributed by atoms with E-state index in [1.807, 2.05) is 4.90 Å². The summed E-state index contributed by atoms with van der Waals surface area (Å²) in [6, 6.07) is 6.85. The Morgan fingerprint density at radius 3 is 3.14 bits per heavy atom. The van der Waals surface area contributed by atoms with Gasteiger partial charge in [-0.15, -0.1) is 0 Å². The lowest BCUT2D eigenvalue weighted by atomic mass is 10.1. The number of rotatable bonds is 0. The molecule has 0 aliphatic carbocycles. The highest BCUT2D eigenvalue weighted by molar-refractivity contribution is 5.98. The van der Waals surface area contributed by atoms with Crippen LogP contribution in [0, 0.1) is 6.92 Å². The number of carbonyl (C=O) groups excluding carboxylic acids is 1. The second-order valence-corrected chi connectivity index (χ2v) is 4.29. The van der Waals surface area contributed by atoms with Crippen molar-refractivity contribution in [2.75, 3.05) is 4.90 Å². The van der Waals surface area contributed by atoms with Gasteiger partial charge in [0.2, 0.25) is 5.91 Å². The number of amides is 1. The zero-order valence-electron chi connectivity index (χ0n) is 8.29. The molecule has 2 heteroatoms. The second kappa shape index (κ2) is 2.59. The van der Waals surface area contributed by atoms with Crippen molar-refractivity contribution in [3.8, 4) is 0 Å². The smallest absolute Gasteiger partial charge is 0.227 e. The highest BCUT2D eigenvalue weighted by Crippen LogP contribution is 2.38. The number of benzene rings is 1. The van der Waals surface area contributed by atoms with Crippen molar-refractivity contribution in [1.82, 2.24) is 0 Å². The van der Waals surface area contributed by atoms with Crippen LogP contribution in [-0.2, 0) is 11.2 Å². The first-order chi connectivity index (χ1) is 6.75. The molecule has 0 spiro atoms. The number of hydrogen-bond acceptors (Lipinski definition) is 1. The Balaban J connectivity index is 2.11. The molecule has 1 atom stereocenters. The molecule has 0 N–H and O–H groups in total. The molecule has 1 fully saturated rings. The minimum absolute atomic E-state index is 0.303. The zero-order valence-corrected chi connectivity index (χ0v) is 8.29. The van der Waals surface area contributed by atoms with Gasteiger partial charge in [0.1, 0.15) is 0 Å². The first-order valence-corrected chi connectivity index (χ1v) is 5.17. The zero-order chi connectivity index (χ0) is 9.71. The number of fused-ring (bicyclic) bond motifs is 3. The summed E-state index contributed by atoms with van der Waals surface area (Å²) in [5.41, 5.74) is 3.79. The Labute approximate surface area is 83.5 Å². The number of hydrogen-bond donors (Lipinski definition) is 0. The van der Waals surface area contributed by atoms with Gasteiger partial charge in [-0.25, -0.2) is 0 Å². The average molecular weight is 187 g/mol. The minimum atomic E-state index is 0.303. The maximum absolute atomic E-state index is 11.6. The number of carbonyl (C=O) groups is 1. The lowest BCUT2D eigenvalue weighted by molar-refractivity contribution is -0.117. The van der Waals surface area contributed by atoms with E-state index < -0.39 is 0 Å². The van der Waals surface area contributed by atoms with Crippen LogP contribution in [0.25, 0.3) is 0 Å². The van der Waals surface area contributed by atoms with Crippen molar-refractivity contribution >= 4 is 11.6 Å². The quantitative estimate of drug-likeness (QED) is 0.608. The Kier molecular flexibility index (Phi) is 1.49. The molecular weight excluding hydrogens is 174 g/mol. The lowest BCUT2D eigenvalue weighted by Gasteiger charge is -2.16. The van der Waals surface area contributed by atoms with Crippen LogP contribution in [0.5, 0.6) is 0 Å². The van der Waals surface area contributed by atoms with Crippen LogP contribution in [0.2, 0.25) is 0 Å². The van der Waals surface area contributed by atoms with Gasteiger partial charge in [-0.05, 0) is 31.4 Å². The van der Waals surface area contributed by atoms with E-state index in [1.165, 1.54) is 11.1 Å². The van der Waals surface area contributed by atoms with Gasteiger partial charge in [-0.1, -0.05) is 17.7 Å². The van der Waals surface area contributed by atoms with Gasteiger partial charge in [0, 0.05) is 18.2 Å². The molecule has 1 aromatic carbocycles. The highest BCUT2D eigenvalue weighted by atomic mass is 16.2. The van der Waals surface area contributed by atoms with E-state index in [4.69, 9.17) is 0 Å². The molecule has 0 aromatic heterocycles. The van der Waals surface area contributed by atoms with Crippen molar-refractivity contribution < 1.29 is 4.79 Å². The molecule has 2 aliphatic heterocycles. The molecule has 2 heterocycles. The Bertz CT molecular complexity index is 411. The largest absolute Gasteiger partial charge is 0.309 e. The van der Waals surface area contributed by atoms with Crippen molar-refractivity contribution in [2.45, 2.75) is 32.2 Å². The monoisotopic (exact) mass is 187 g/mol. The van der Waals surface area contributed by atoms with Gasteiger partial charge in [0.15, 0.2) is 0 Å². The van der Waals surface area contributed by atoms with Gasteiger partial charge in [0.25, 0.3) is 0 Å². The van der Waals surface area contributed by atoms with Crippen molar-refractivity contribution in [1.29, 1.82) is 0 Å². The Morgan fingerprint density at radius 1 is 1.43 bits per heavy atom. The predicted octanol–water partition coefficient (Wildman–Crippen LogP) is 2.05. The number of nitrogens with zero attached hydrogens (tertiary/aromatic N) is 1. The molecule has 0 bridgehead atoms. The summed E-state index contributed by atoms with van der Waals surface area (Å²) < 4.78 is 0. The summed E-state index contributed by atoms with van der Waals surface area (Å²) in [4.78, 5) is 13.6. The van der Waals surface area contributed by atoms with Crippen LogP contribution in [-0.4, -0.2) is 11.9 Å². The molecule has 0 radical (unpaired) electrons. The number of aryl methyl sites for hydroxylation is 1. The maximum Gasteiger partial charge on any atom is 0.227 e. The van der Waals surface area contributed by atoms with E-state index in [1.54, 1.807) is 0 Å². The van der Waals surface area contributed by atoms with E-state index in [0.29, 0.717) is 11.9 Å². The van der Waals surface area contributed by atoms with Crippen LogP contribution in [0.4, 0.5) is 5.69 Å². The van der Waals surface area contributed by atoms with Crippen LogP contribution >= 0.6 is 0 Å².